The van der Waals surface area contributed by atoms with E-state index >= 15 is 0 Å². The zero-order chi connectivity index (χ0) is 41.9. The van der Waals surface area contributed by atoms with E-state index in [0.29, 0.717) is 0 Å². The van der Waals surface area contributed by atoms with Gasteiger partial charge >= 0.3 is 26.2 Å². The van der Waals surface area contributed by atoms with E-state index in [-0.39, 0.29) is 52.6 Å². The molecule has 0 fully saturated rings. The van der Waals surface area contributed by atoms with Crippen LogP contribution in [0.5, 0.6) is 0 Å². The standard InChI is InChI=1S/4C13H27O.Zr/c4*1-2-3-4-5-6-7-8-9-10-11-12-13-14;/h4*2-13H2,1H3;/q4*-1;+4. The van der Waals surface area contributed by atoms with Crippen molar-refractivity contribution in [1.29, 1.82) is 0 Å². The molecule has 4 nitrogen and oxygen atoms in total. The molecule has 0 saturated heterocycles. The van der Waals surface area contributed by atoms with E-state index in [4.69, 9.17) is 0 Å². The fourth-order valence-corrected chi connectivity index (χ4v) is 7.07. The molecular weight excluding hydrogens is 780 g/mol. The van der Waals surface area contributed by atoms with Gasteiger partial charge in [0.1, 0.15) is 0 Å². The van der Waals surface area contributed by atoms with Crippen LogP contribution in [0.2, 0.25) is 0 Å². The van der Waals surface area contributed by atoms with Gasteiger partial charge in [-0.3, -0.25) is 0 Å². The van der Waals surface area contributed by atoms with E-state index in [1.165, 1.54) is 231 Å². The third kappa shape index (κ3) is 84.9. The maximum absolute atomic E-state index is 10.2. The van der Waals surface area contributed by atoms with Gasteiger partial charge in [0, 0.05) is 0 Å². The zero-order valence-electron chi connectivity index (χ0n) is 40.1. The summed E-state index contributed by atoms with van der Waals surface area (Å²) in [6.07, 6.45) is 57.8. The van der Waals surface area contributed by atoms with Crippen LogP contribution in [0.25, 0.3) is 0 Å². The summed E-state index contributed by atoms with van der Waals surface area (Å²) in [6.45, 7) is 9.53. The fraction of sp³-hybridized carbons (Fsp3) is 1.00. The SMILES string of the molecule is CCCCCCCCCCCCC[O-].CCCCCCCCCCCCC[O-].CCCCCCCCCCCCC[O-].CCCCCCCCCCCCC[O-].[Zr+4]. The molecule has 0 aliphatic heterocycles. The van der Waals surface area contributed by atoms with Gasteiger partial charge in [0.2, 0.25) is 0 Å². The molecule has 0 unspecified atom stereocenters. The van der Waals surface area contributed by atoms with E-state index in [9.17, 15) is 20.4 Å². The summed E-state index contributed by atoms with van der Waals surface area (Å²) in [5.41, 5.74) is 0. The van der Waals surface area contributed by atoms with Crippen molar-refractivity contribution in [3.8, 4) is 0 Å². The first-order valence-corrected chi connectivity index (χ1v) is 26.0. The normalized spacial score (nSPS) is 10.5. The van der Waals surface area contributed by atoms with E-state index in [1.54, 1.807) is 0 Å². The van der Waals surface area contributed by atoms with Gasteiger partial charge in [-0.2, -0.15) is 0 Å². The molecule has 0 aromatic heterocycles. The molecule has 0 aliphatic rings. The Kier molecular flexibility index (Phi) is 87.0. The summed E-state index contributed by atoms with van der Waals surface area (Å²) in [5.74, 6) is 0. The largest absolute Gasteiger partial charge is 4.00 e. The monoisotopic (exact) mass is 887 g/mol. The minimum absolute atomic E-state index is 0. The molecule has 0 aromatic carbocycles. The maximum Gasteiger partial charge on any atom is 4.00 e. The van der Waals surface area contributed by atoms with Crippen molar-refractivity contribution in [3.63, 3.8) is 0 Å². The summed E-state index contributed by atoms with van der Waals surface area (Å²) in [6, 6.07) is 0. The Morgan fingerprint density at radius 3 is 0.333 bits per heavy atom. The molecule has 57 heavy (non-hydrogen) atoms. The molecule has 0 aliphatic carbocycles. The summed E-state index contributed by atoms with van der Waals surface area (Å²) in [4.78, 5) is 0. The van der Waals surface area contributed by atoms with Crippen molar-refractivity contribution in [2.75, 3.05) is 26.4 Å². The van der Waals surface area contributed by atoms with Crippen LogP contribution in [0.3, 0.4) is 0 Å². The summed E-state index contributed by atoms with van der Waals surface area (Å²) in [7, 11) is 0. The van der Waals surface area contributed by atoms with E-state index < -0.39 is 0 Å². The molecule has 0 saturated carbocycles. The van der Waals surface area contributed by atoms with Gasteiger partial charge in [-0.25, -0.2) is 0 Å². The Morgan fingerprint density at radius 2 is 0.246 bits per heavy atom. The van der Waals surface area contributed by atoms with Crippen LogP contribution in [-0.4, -0.2) is 26.4 Å². The third-order valence-corrected chi connectivity index (χ3v) is 11.0. The molecule has 344 valence electrons. The van der Waals surface area contributed by atoms with Gasteiger partial charge in [0.05, 0.1) is 0 Å². The van der Waals surface area contributed by atoms with Crippen molar-refractivity contribution in [1.82, 2.24) is 0 Å². The number of hydrogen-bond acceptors (Lipinski definition) is 4. The van der Waals surface area contributed by atoms with Gasteiger partial charge in [0.15, 0.2) is 0 Å². The first-order valence-electron chi connectivity index (χ1n) is 26.0. The average molecular weight is 889 g/mol. The molecule has 0 heterocycles. The predicted octanol–water partition coefficient (Wildman–Crippen LogP) is 14.6. The van der Waals surface area contributed by atoms with Crippen molar-refractivity contribution in [3.05, 3.63) is 0 Å². The summed E-state index contributed by atoms with van der Waals surface area (Å²) >= 11 is 0. The molecule has 0 amide bonds. The molecule has 0 spiro atoms. The Hall–Kier alpha value is 0.723. The van der Waals surface area contributed by atoms with Crippen molar-refractivity contribution < 1.29 is 46.6 Å². The van der Waals surface area contributed by atoms with Gasteiger partial charge < -0.3 is 20.4 Å². The maximum atomic E-state index is 10.2. The summed E-state index contributed by atoms with van der Waals surface area (Å²) < 4.78 is 0. The number of rotatable bonds is 44. The van der Waals surface area contributed by atoms with Crippen molar-refractivity contribution in [2.24, 2.45) is 0 Å². The van der Waals surface area contributed by atoms with Crippen molar-refractivity contribution >= 4 is 0 Å². The predicted molar refractivity (Wildman–Crippen MR) is 245 cm³/mol. The Bertz CT molecular complexity index is 420. The molecule has 0 bridgehead atoms. The second kappa shape index (κ2) is 74.2. The topological polar surface area (TPSA) is 92.2 Å². The quantitative estimate of drug-likeness (QED) is 0.0570. The Morgan fingerprint density at radius 1 is 0.158 bits per heavy atom. The van der Waals surface area contributed by atoms with Crippen LogP contribution < -0.4 is 20.4 Å². The zero-order valence-corrected chi connectivity index (χ0v) is 42.5. The molecular formula is C52H108O4Zr. The Labute approximate surface area is 381 Å². The first kappa shape index (κ1) is 66.8. The fourth-order valence-electron chi connectivity index (χ4n) is 7.07. The van der Waals surface area contributed by atoms with Crippen molar-refractivity contribution in [2.45, 2.75) is 310 Å². The number of unbranched alkanes of at least 4 members (excludes halogenated alkanes) is 40. The van der Waals surface area contributed by atoms with Gasteiger partial charge in [-0.05, 0) is 0 Å². The van der Waals surface area contributed by atoms with Gasteiger partial charge in [-0.15, -0.1) is 26.4 Å². The van der Waals surface area contributed by atoms with Crippen LogP contribution in [0.4, 0.5) is 0 Å². The van der Waals surface area contributed by atoms with Crippen LogP contribution in [0.1, 0.15) is 310 Å². The first-order chi connectivity index (χ1) is 27.7. The van der Waals surface area contributed by atoms with Crippen LogP contribution in [0, 0.1) is 0 Å². The molecule has 0 rings (SSSR count). The van der Waals surface area contributed by atoms with Gasteiger partial charge in [-0.1, -0.05) is 310 Å². The molecule has 5 heteroatoms. The smallest absolute Gasteiger partial charge is 0.854 e. The van der Waals surface area contributed by atoms with Gasteiger partial charge in [0.25, 0.3) is 0 Å². The minimum Gasteiger partial charge on any atom is -0.854 e. The average Bonchev–Trinajstić information content (AvgIpc) is 3.21. The number of hydrogen-bond donors (Lipinski definition) is 0. The Balaban J connectivity index is -0.000000210. The van der Waals surface area contributed by atoms with Crippen LogP contribution >= 0.6 is 0 Å². The molecule has 0 radical (unpaired) electrons. The minimum atomic E-state index is 0. The summed E-state index contributed by atoms with van der Waals surface area (Å²) in [5, 5.41) is 40.7. The molecule has 0 aromatic rings. The molecule has 0 N–H and O–H groups in total. The second-order valence-electron chi connectivity index (χ2n) is 17.0. The van der Waals surface area contributed by atoms with Crippen LogP contribution in [0.15, 0.2) is 0 Å². The van der Waals surface area contributed by atoms with E-state index in [2.05, 4.69) is 27.7 Å². The van der Waals surface area contributed by atoms with E-state index in [1.807, 2.05) is 0 Å². The van der Waals surface area contributed by atoms with E-state index in [0.717, 1.165) is 51.4 Å². The molecule has 0 atom stereocenters. The van der Waals surface area contributed by atoms with Crippen LogP contribution in [-0.2, 0) is 26.2 Å². The second-order valence-corrected chi connectivity index (χ2v) is 17.0. The third-order valence-electron chi connectivity index (χ3n) is 11.0.